The van der Waals surface area contributed by atoms with Crippen LogP contribution in [0.4, 0.5) is 27.9 Å². The molecular weight excluding hydrogens is 283 g/mol. The lowest BCUT2D eigenvalue weighted by Gasteiger charge is -2.13. The third-order valence-electron chi connectivity index (χ3n) is 2.42. The van der Waals surface area contributed by atoms with Crippen LogP contribution in [0.15, 0.2) is 18.2 Å². The molecule has 8 heteroatoms. The molecule has 0 aliphatic heterocycles. The number of benzene rings is 1. The minimum absolute atomic E-state index is 0.253. The lowest BCUT2D eigenvalue weighted by atomic mass is 10.3. The van der Waals surface area contributed by atoms with Gasteiger partial charge >= 0.3 is 0 Å². The first-order valence-electron chi connectivity index (χ1n) is 5.83. The first-order valence-corrected chi connectivity index (χ1v) is 6.20. The summed E-state index contributed by atoms with van der Waals surface area (Å²) in [6.45, 7) is 0. The molecule has 6 nitrogen and oxygen atoms in total. The van der Waals surface area contributed by atoms with Crippen LogP contribution in [0.1, 0.15) is 0 Å². The highest BCUT2D eigenvalue weighted by atomic mass is 35.5. The largest absolute Gasteiger partial charge is 0.357 e. The van der Waals surface area contributed by atoms with Crippen LogP contribution >= 0.6 is 11.6 Å². The van der Waals surface area contributed by atoms with Crippen LogP contribution in [0.25, 0.3) is 0 Å². The first-order chi connectivity index (χ1) is 9.49. The van der Waals surface area contributed by atoms with Crippen molar-refractivity contribution in [3.63, 3.8) is 0 Å². The van der Waals surface area contributed by atoms with E-state index in [1.807, 2.05) is 14.1 Å². The average molecular weight is 297 g/mol. The Morgan fingerprint density at radius 2 is 1.85 bits per heavy atom. The molecule has 0 radical (unpaired) electrons. The van der Waals surface area contributed by atoms with Crippen molar-refractivity contribution in [1.82, 2.24) is 15.0 Å². The fraction of sp³-hybridized carbons (Fsp3) is 0.250. The Hall–Kier alpha value is -2.15. The van der Waals surface area contributed by atoms with Crippen molar-refractivity contribution >= 4 is 35.1 Å². The molecule has 0 unspecified atom stereocenters. The van der Waals surface area contributed by atoms with Gasteiger partial charge in [0.15, 0.2) is 0 Å². The molecule has 0 amide bonds. The molecule has 2 aromatic rings. The molecule has 0 aliphatic rings. The van der Waals surface area contributed by atoms with Gasteiger partial charge in [0.1, 0.15) is 5.82 Å². The number of aromatic nitrogens is 3. The zero-order valence-electron chi connectivity index (χ0n) is 11.3. The van der Waals surface area contributed by atoms with Gasteiger partial charge in [-0.1, -0.05) is 11.6 Å². The van der Waals surface area contributed by atoms with Crippen molar-refractivity contribution in [2.75, 3.05) is 36.7 Å². The molecule has 1 aromatic heterocycles. The Kier molecular flexibility index (Phi) is 4.19. The number of nitrogens with one attached hydrogen (secondary N) is 2. The highest BCUT2D eigenvalue weighted by molar-refractivity contribution is 6.33. The highest BCUT2D eigenvalue weighted by Gasteiger charge is 2.09. The van der Waals surface area contributed by atoms with Crippen LogP contribution in [-0.4, -0.2) is 36.1 Å². The number of halogens is 2. The summed E-state index contributed by atoms with van der Waals surface area (Å²) in [4.78, 5) is 14.3. The van der Waals surface area contributed by atoms with Gasteiger partial charge in [0.2, 0.25) is 17.8 Å². The van der Waals surface area contributed by atoms with Crippen molar-refractivity contribution in [3.8, 4) is 0 Å². The van der Waals surface area contributed by atoms with Crippen molar-refractivity contribution in [3.05, 3.63) is 29.0 Å². The lowest BCUT2D eigenvalue weighted by Crippen LogP contribution is -2.15. The molecule has 0 bridgehead atoms. The summed E-state index contributed by atoms with van der Waals surface area (Å²) in [6, 6.07) is 4.05. The third-order valence-corrected chi connectivity index (χ3v) is 2.74. The van der Waals surface area contributed by atoms with Gasteiger partial charge in [-0.2, -0.15) is 15.0 Å². The van der Waals surface area contributed by atoms with E-state index in [0.717, 1.165) is 0 Å². The summed E-state index contributed by atoms with van der Waals surface area (Å²) in [5.74, 6) is 0.831. The van der Waals surface area contributed by atoms with Crippen molar-refractivity contribution in [2.45, 2.75) is 0 Å². The van der Waals surface area contributed by atoms with Crippen molar-refractivity contribution in [1.29, 1.82) is 0 Å². The number of rotatable bonds is 4. The molecule has 0 spiro atoms. The average Bonchev–Trinajstić information content (AvgIpc) is 2.41. The van der Waals surface area contributed by atoms with E-state index < -0.39 is 5.82 Å². The van der Waals surface area contributed by atoms with Gasteiger partial charge in [-0.05, 0) is 18.2 Å². The predicted octanol–water partition coefficient (Wildman–Crippen LogP) is 2.52. The molecule has 0 saturated carbocycles. The molecule has 106 valence electrons. The van der Waals surface area contributed by atoms with Gasteiger partial charge in [0.05, 0.1) is 10.7 Å². The zero-order valence-corrected chi connectivity index (χ0v) is 12.0. The van der Waals surface area contributed by atoms with Crippen LogP contribution < -0.4 is 15.5 Å². The van der Waals surface area contributed by atoms with Crippen LogP contribution in [-0.2, 0) is 0 Å². The van der Waals surface area contributed by atoms with E-state index in [2.05, 4.69) is 25.6 Å². The summed E-state index contributed by atoms with van der Waals surface area (Å²) in [5, 5.41) is 6.04. The monoisotopic (exact) mass is 296 g/mol. The van der Waals surface area contributed by atoms with E-state index in [9.17, 15) is 4.39 Å². The minimum Gasteiger partial charge on any atom is -0.357 e. The fourth-order valence-electron chi connectivity index (χ4n) is 1.44. The van der Waals surface area contributed by atoms with Crippen LogP contribution in [0, 0.1) is 5.82 Å². The summed E-state index contributed by atoms with van der Waals surface area (Å²) < 4.78 is 13.0. The molecule has 0 atom stereocenters. The SMILES string of the molecule is CNc1nc(Nc2ccc(F)cc2Cl)nc(N(C)C)n1. The van der Waals surface area contributed by atoms with Gasteiger partial charge < -0.3 is 15.5 Å². The Labute approximate surface area is 121 Å². The standard InChI is InChI=1S/C12H14ClFN6/c1-15-10-17-11(19-12(18-10)20(2)3)16-9-5-4-7(14)6-8(9)13/h4-6H,1-3H3,(H2,15,16,17,18,19). The number of nitrogens with zero attached hydrogens (tertiary/aromatic N) is 4. The molecular formula is C12H14ClFN6. The zero-order chi connectivity index (χ0) is 14.7. The number of anilines is 4. The van der Waals surface area contributed by atoms with E-state index in [0.29, 0.717) is 23.5 Å². The Morgan fingerprint density at radius 1 is 1.15 bits per heavy atom. The molecule has 2 N–H and O–H groups in total. The maximum Gasteiger partial charge on any atom is 0.233 e. The second-order valence-corrected chi connectivity index (χ2v) is 4.58. The van der Waals surface area contributed by atoms with Crippen molar-refractivity contribution in [2.24, 2.45) is 0 Å². The normalized spacial score (nSPS) is 10.2. The van der Waals surface area contributed by atoms with Gasteiger partial charge in [-0.15, -0.1) is 0 Å². The maximum absolute atomic E-state index is 13.0. The smallest absolute Gasteiger partial charge is 0.233 e. The minimum atomic E-state index is -0.402. The highest BCUT2D eigenvalue weighted by Crippen LogP contribution is 2.25. The molecule has 0 aliphatic carbocycles. The fourth-order valence-corrected chi connectivity index (χ4v) is 1.66. The van der Waals surface area contributed by atoms with E-state index in [-0.39, 0.29) is 5.02 Å². The maximum atomic E-state index is 13.0. The van der Waals surface area contributed by atoms with E-state index in [1.165, 1.54) is 18.2 Å². The predicted molar refractivity (Wildman–Crippen MR) is 78.4 cm³/mol. The number of hydrogen-bond acceptors (Lipinski definition) is 6. The Bertz CT molecular complexity index is 619. The van der Waals surface area contributed by atoms with Crippen LogP contribution in [0.5, 0.6) is 0 Å². The molecule has 1 aromatic carbocycles. The van der Waals surface area contributed by atoms with E-state index >= 15 is 0 Å². The molecule has 1 heterocycles. The Morgan fingerprint density at radius 3 is 2.45 bits per heavy atom. The molecule has 20 heavy (non-hydrogen) atoms. The second-order valence-electron chi connectivity index (χ2n) is 4.18. The summed E-state index contributed by atoms with van der Waals surface area (Å²) >= 11 is 5.96. The number of hydrogen-bond donors (Lipinski definition) is 2. The molecule has 0 saturated heterocycles. The van der Waals surface area contributed by atoms with Crippen LogP contribution in [0.3, 0.4) is 0 Å². The van der Waals surface area contributed by atoms with Crippen LogP contribution in [0.2, 0.25) is 5.02 Å². The Balaban J connectivity index is 2.34. The lowest BCUT2D eigenvalue weighted by molar-refractivity contribution is 0.628. The molecule has 0 fully saturated rings. The van der Waals surface area contributed by atoms with Gasteiger partial charge in [-0.25, -0.2) is 4.39 Å². The van der Waals surface area contributed by atoms with Crippen molar-refractivity contribution < 1.29 is 4.39 Å². The van der Waals surface area contributed by atoms with Gasteiger partial charge in [0.25, 0.3) is 0 Å². The second kappa shape index (κ2) is 5.87. The summed E-state index contributed by atoms with van der Waals surface area (Å²) in [7, 11) is 5.36. The molecule has 2 rings (SSSR count). The van der Waals surface area contributed by atoms with Gasteiger partial charge in [0, 0.05) is 21.1 Å². The first kappa shape index (κ1) is 14.3. The topological polar surface area (TPSA) is 66.0 Å². The van der Waals surface area contributed by atoms with E-state index in [4.69, 9.17) is 11.6 Å². The van der Waals surface area contributed by atoms with E-state index in [1.54, 1.807) is 11.9 Å². The van der Waals surface area contributed by atoms with Gasteiger partial charge in [-0.3, -0.25) is 0 Å². The summed E-state index contributed by atoms with van der Waals surface area (Å²) in [5.41, 5.74) is 0.519. The summed E-state index contributed by atoms with van der Waals surface area (Å²) in [6.07, 6.45) is 0. The third kappa shape index (κ3) is 3.24. The quantitative estimate of drug-likeness (QED) is 0.904.